The highest BCUT2D eigenvalue weighted by atomic mass is 35.5. The second-order valence-electron chi connectivity index (χ2n) is 3.11. The molecule has 0 spiro atoms. The van der Waals surface area contributed by atoms with E-state index in [9.17, 15) is 0 Å². The number of alkyl halides is 1. The molecule has 3 heteroatoms. The molecule has 0 aliphatic heterocycles. The Labute approximate surface area is 101 Å². The summed E-state index contributed by atoms with van der Waals surface area (Å²) in [7, 11) is 0. The van der Waals surface area contributed by atoms with Crippen molar-refractivity contribution in [1.82, 2.24) is 4.98 Å². The highest BCUT2D eigenvalue weighted by molar-refractivity contribution is 6.17. The van der Waals surface area contributed by atoms with Crippen LogP contribution in [0.15, 0.2) is 55.3 Å². The van der Waals surface area contributed by atoms with Crippen LogP contribution >= 0.6 is 11.6 Å². The lowest BCUT2D eigenvalue weighted by molar-refractivity contribution is 0.341. The standard InChI is InChI=1S/C13H14ClNO/c1-3-5-11(4-2)10-16-13-7-6-12(8-14)9-15-13/h3-7,9H,1-2,8,10H2/b11-5+. The maximum Gasteiger partial charge on any atom is 0.213 e. The van der Waals surface area contributed by atoms with E-state index >= 15 is 0 Å². The first-order valence-corrected chi connectivity index (χ1v) is 5.41. The quantitative estimate of drug-likeness (QED) is 0.556. The van der Waals surface area contributed by atoms with Gasteiger partial charge in [-0.15, -0.1) is 11.6 Å². The number of pyridine rings is 1. The molecule has 0 amide bonds. The van der Waals surface area contributed by atoms with E-state index in [2.05, 4.69) is 18.1 Å². The molecule has 0 atom stereocenters. The highest BCUT2D eigenvalue weighted by Crippen LogP contribution is 2.10. The molecule has 0 saturated carbocycles. The lowest BCUT2D eigenvalue weighted by Gasteiger charge is -2.05. The Bertz CT molecular complexity index is 381. The van der Waals surface area contributed by atoms with Gasteiger partial charge in [-0.05, 0) is 11.1 Å². The van der Waals surface area contributed by atoms with Crippen LogP contribution in [0.5, 0.6) is 5.88 Å². The van der Waals surface area contributed by atoms with Crippen molar-refractivity contribution in [2.24, 2.45) is 0 Å². The van der Waals surface area contributed by atoms with Gasteiger partial charge in [0.1, 0.15) is 6.61 Å². The number of hydrogen-bond acceptors (Lipinski definition) is 2. The number of allylic oxidation sites excluding steroid dienone is 2. The summed E-state index contributed by atoms with van der Waals surface area (Å²) in [5.74, 6) is 1.03. The highest BCUT2D eigenvalue weighted by Gasteiger charge is 1.97. The maximum absolute atomic E-state index is 5.66. The van der Waals surface area contributed by atoms with E-state index in [1.165, 1.54) is 0 Å². The van der Waals surface area contributed by atoms with Crippen molar-refractivity contribution in [3.63, 3.8) is 0 Å². The van der Waals surface area contributed by atoms with Crippen molar-refractivity contribution < 1.29 is 4.74 Å². The third-order valence-corrected chi connectivity index (χ3v) is 2.24. The van der Waals surface area contributed by atoms with Crippen LogP contribution < -0.4 is 4.74 Å². The first kappa shape index (κ1) is 12.5. The average Bonchev–Trinajstić information content (AvgIpc) is 2.35. The Morgan fingerprint density at radius 3 is 2.75 bits per heavy atom. The van der Waals surface area contributed by atoms with E-state index in [-0.39, 0.29) is 0 Å². The Kier molecular flexibility index (Phi) is 5.37. The number of aromatic nitrogens is 1. The molecule has 2 nitrogen and oxygen atoms in total. The van der Waals surface area contributed by atoms with Crippen LogP contribution in [0.25, 0.3) is 0 Å². The molecule has 0 fully saturated rings. The van der Waals surface area contributed by atoms with Gasteiger partial charge >= 0.3 is 0 Å². The molecule has 16 heavy (non-hydrogen) atoms. The summed E-state index contributed by atoms with van der Waals surface area (Å²) in [5.41, 5.74) is 1.93. The molecule has 1 rings (SSSR count). The first-order chi connectivity index (χ1) is 7.80. The summed E-state index contributed by atoms with van der Waals surface area (Å²) in [5, 5.41) is 0. The predicted molar refractivity (Wildman–Crippen MR) is 67.8 cm³/mol. The molecule has 1 aromatic rings. The first-order valence-electron chi connectivity index (χ1n) is 4.88. The monoisotopic (exact) mass is 235 g/mol. The number of nitrogens with zero attached hydrogens (tertiary/aromatic N) is 1. The minimum absolute atomic E-state index is 0.433. The van der Waals surface area contributed by atoms with Crippen molar-refractivity contribution in [2.75, 3.05) is 6.61 Å². The summed E-state index contributed by atoms with van der Waals surface area (Å²) in [6.45, 7) is 7.73. The maximum atomic E-state index is 5.66. The largest absolute Gasteiger partial charge is 0.473 e. The second kappa shape index (κ2) is 6.85. The fraction of sp³-hybridized carbons (Fsp3) is 0.154. The third-order valence-electron chi connectivity index (χ3n) is 1.93. The van der Waals surface area contributed by atoms with E-state index < -0.39 is 0 Å². The molecule has 1 heterocycles. The van der Waals surface area contributed by atoms with Gasteiger partial charge in [-0.1, -0.05) is 37.5 Å². The third kappa shape index (κ3) is 3.91. The van der Waals surface area contributed by atoms with Gasteiger partial charge in [0, 0.05) is 18.1 Å². The zero-order valence-electron chi connectivity index (χ0n) is 9.03. The molecule has 1 aromatic heterocycles. The van der Waals surface area contributed by atoms with Crippen molar-refractivity contribution in [1.29, 1.82) is 0 Å². The Hall–Kier alpha value is -1.54. The summed E-state index contributed by atoms with van der Waals surface area (Å²) in [4.78, 5) is 4.12. The topological polar surface area (TPSA) is 22.1 Å². The van der Waals surface area contributed by atoms with Gasteiger partial charge in [-0.3, -0.25) is 0 Å². The van der Waals surface area contributed by atoms with E-state index in [1.807, 2.05) is 12.1 Å². The predicted octanol–water partition coefficient (Wildman–Crippen LogP) is 3.50. The van der Waals surface area contributed by atoms with Crippen LogP contribution in [0.1, 0.15) is 5.56 Å². The molecule has 0 aliphatic rings. The number of hydrogen-bond donors (Lipinski definition) is 0. The van der Waals surface area contributed by atoms with Crippen molar-refractivity contribution in [2.45, 2.75) is 5.88 Å². The minimum atomic E-state index is 0.433. The SMILES string of the molecule is C=C/C=C(\C=C)COc1ccc(CCl)cn1. The number of ether oxygens (including phenoxy) is 1. The Morgan fingerprint density at radius 1 is 1.44 bits per heavy atom. The lowest BCUT2D eigenvalue weighted by atomic mass is 10.2. The Balaban J connectivity index is 2.56. The lowest BCUT2D eigenvalue weighted by Crippen LogP contribution is -2.00. The smallest absolute Gasteiger partial charge is 0.213 e. The average molecular weight is 236 g/mol. The molecule has 0 saturated heterocycles. The van der Waals surface area contributed by atoms with E-state index in [0.29, 0.717) is 18.4 Å². The molecule has 0 aromatic carbocycles. The molecule has 0 aliphatic carbocycles. The zero-order chi connectivity index (χ0) is 11.8. The van der Waals surface area contributed by atoms with Gasteiger partial charge < -0.3 is 4.74 Å². The van der Waals surface area contributed by atoms with Gasteiger partial charge in [0.2, 0.25) is 5.88 Å². The summed E-state index contributed by atoms with van der Waals surface area (Å²) in [6, 6.07) is 3.69. The van der Waals surface area contributed by atoms with Gasteiger partial charge in [0.05, 0.1) is 0 Å². The molecule has 0 radical (unpaired) electrons. The zero-order valence-corrected chi connectivity index (χ0v) is 9.78. The van der Waals surface area contributed by atoms with Gasteiger partial charge in [0.25, 0.3) is 0 Å². The van der Waals surface area contributed by atoms with Gasteiger partial charge in [0.15, 0.2) is 0 Å². The normalized spacial score (nSPS) is 10.9. The van der Waals surface area contributed by atoms with Crippen molar-refractivity contribution >= 4 is 11.6 Å². The fourth-order valence-corrected chi connectivity index (χ4v) is 1.22. The number of halogens is 1. The van der Waals surface area contributed by atoms with Crippen LogP contribution in [0.4, 0.5) is 0 Å². The minimum Gasteiger partial charge on any atom is -0.473 e. The molecule has 84 valence electrons. The molecular weight excluding hydrogens is 222 g/mol. The summed E-state index contributed by atoms with van der Waals surface area (Å²) in [6.07, 6.45) is 6.98. The van der Waals surface area contributed by atoms with Crippen LogP contribution in [-0.2, 0) is 5.88 Å². The van der Waals surface area contributed by atoms with Crippen molar-refractivity contribution in [3.05, 3.63) is 60.9 Å². The van der Waals surface area contributed by atoms with Crippen LogP contribution in [0.3, 0.4) is 0 Å². The van der Waals surface area contributed by atoms with Crippen LogP contribution in [-0.4, -0.2) is 11.6 Å². The number of rotatable bonds is 6. The molecular formula is C13H14ClNO. The van der Waals surface area contributed by atoms with E-state index in [4.69, 9.17) is 16.3 Å². The van der Waals surface area contributed by atoms with Crippen molar-refractivity contribution in [3.8, 4) is 5.88 Å². The molecule has 0 bridgehead atoms. The summed E-state index contributed by atoms with van der Waals surface area (Å²) >= 11 is 5.66. The summed E-state index contributed by atoms with van der Waals surface area (Å²) < 4.78 is 5.47. The van der Waals surface area contributed by atoms with E-state index in [1.54, 1.807) is 24.4 Å². The Morgan fingerprint density at radius 2 is 2.25 bits per heavy atom. The van der Waals surface area contributed by atoms with Gasteiger partial charge in [-0.25, -0.2) is 4.98 Å². The molecule has 0 unspecified atom stereocenters. The molecule has 0 N–H and O–H groups in total. The van der Waals surface area contributed by atoms with E-state index in [0.717, 1.165) is 11.1 Å². The van der Waals surface area contributed by atoms with Gasteiger partial charge in [-0.2, -0.15) is 0 Å². The van der Waals surface area contributed by atoms with Crippen LogP contribution in [0.2, 0.25) is 0 Å². The fourth-order valence-electron chi connectivity index (χ4n) is 1.06. The van der Waals surface area contributed by atoms with Crippen LogP contribution in [0, 0.1) is 0 Å². The second-order valence-corrected chi connectivity index (χ2v) is 3.38.